The van der Waals surface area contributed by atoms with Crippen molar-refractivity contribution < 1.29 is 18.7 Å². The van der Waals surface area contributed by atoms with E-state index in [-0.39, 0.29) is 47.8 Å². The van der Waals surface area contributed by atoms with Crippen LogP contribution in [0.25, 0.3) is 10.9 Å². The average Bonchev–Trinajstić information content (AvgIpc) is 2.57. The molecule has 27 heavy (non-hydrogen) atoms. The first-order valence-electron chi connectivity index (χ1n) is 8.41. The summed E-state index contributed by atoms with van der Waals surface area (Å²) in [5.41, 5.74) is 0.371. The molecule has 0 spiro atoms. The molecule has 1 aromatic heterocycles. The second-order valence-corrected chi connectivity index (χ2v) is 7.12. The third-order valence-corrected chi connectivity index (χ3v) is 4.95. The minimum atomic E-state index is -2.72. The van der Waals surface area contributed by atoms with Crippen molar-refractivity contribution in [3.8, 4) is 0 Å². The number of anilines is 1. The molecule has 2 heterocycles. The van der Waals surface area contributed by atoms with Crippen LogP contribution < -0.4 is 15.8 Å². The van der Waals surface area contributed by atoms with E-state index in [2.05, 4.69) is 10.3 Å². The molecule has 0 saturated carbocycles. The highest BCUT2D eigenvalue weighted by Gasteiger charge is 2.35. The van der Waals surface area contributed by atoms with Crippen LogP contribution in [-0.4, -0.2) is 39.8 Å². The van der Waals surface area contributed by atoms with E-state index in [0.29, 0.717) is 11.1 Å². The van der Waals surface area contributed by atoms with E-state index in [9.17, 15) is 18.4 Å². The van der Waals surface area contributed by atoms with Gasteiger partial charge >= 0.3 is 6.09 Å². The average molecular weight is 401 g/mol. The zero-order chi connectivity index (χ0) is 19.9. The lowest BCUT2D eigenvalue weighted by Gasteiger charge is -2.33. The summed E-state index contributed by atoms with van der Waals surface area (Å²) in [6, 6.07) is 2.35. The van der Waals surface area contributed by atoms with Crippen molar-refractivity contribution in [3.05, 3.63) is 33.1 Å². The number of benzene rings is 1. The quantitative estimate of drug-likeness (QED) is 0.826. The molecule has 146 valence electrons. The molecular weight excluding hydrogens is 382 g/mol. The maximum atomic E-state index is 13.5. The Balaban J connectivity index is 2.14. The van der Waals surface area contributed by atoms with Gasteiger partial charge in [-0.15, -0.1) is 0 Å². The fourth-order valence-electron chi connectivity index (χ4n) is 3.26. The fourth-order valence-corrected chi connectivity index (χ4v) is 3.49. The van der Waals surface area contributed by atoms with Crippen molar-refractivity contribution in [2.75, 3.05) is 18.0 Å². The second-order valence-electron chi connectivity index (χ2n) is 6.68. The molecule has 2 aromatic rings. The number of nitrogens with one attached hydrogen (secondary N) is 1. The first-order chi connectivity index (χ1) is 12.6. The monoisotopic (exact) mass is 400 g/mol. The summed E-state index contributed by atoms with van der Waals surface area (Å²) >= 11 is 6.10. The van der Waals surface area contributed by atoms with E-state index >= 15 is 0 Å². The van der Waals surface area contributed by atoms with Crippen LogP contribution in [0.5, 0.6) is 0 Å². The Hall–Kier alpha value is -2.42. The van der Waals surface area contributed by atoms with Gasteiger partial charge in [0.1, 0.15) is 0 Å². The number of piperidine rings is 1. The standard InChI is InChI=1S/C17H19ClF2N4O3/c1-9(21-16(26)27)11-7-10(18)8-12-13(11)22-15(23(2)14(12)25)24-5-3-17(19,20)4-6-24/h7-9,21H,3-6H2,1-2H3,(H,26,27)/t9-/m1/s1. The van der Waals surface area contributed by atoms with E-state index < -0.39 is 18.1 Å². The molecule has 7 nitrogen and oxygen atoms in total. The summed E-state index contributed by atoms with van der Waals surface area (Å²) in [6.07, 6.45) is -1.85. The molecule has 1 aliphatic heterocycles. The Morgan fingerprint density at radius 1 is 1.37 bits per heavy atom. The van der Waals surface area contributed by atoms with Crippen molar-refractivity contribution in [1.29, 1.82) is 0 Å². The van der Waals surface area contributed by atoms with Crippen LogP contribution >= 0.6 is 11.6 Å². The predicted molar refractivity (Wildman–Crippen MR) is 98.0 cm³/mol. The van der Waals surface area contributed by atoms with Gasteiger partial charge in [-0.05, 0) is 19.1 Å². The van der Waals surface area contributed by atoms with E-state index in [4.69, 9.17) is 16.7 Å². The maximum Gasteiger partial charge on any atom is 0.405 e. The molecule has 1 fully saturated rings. The highest BCUT2D eigenvalue weighted by atomic mass is 35.5. The summed E-state index contributed by atoms with van der Waals surface area (Å²) in [4.78, 5) is 30.0. The Kier molecular flexibility index (Phi) is 4.98. The zero-order valence-corrected chi connectivity index (χ0v) is 15.6. The van der Waals surface area contributed by atoms with Crippen molar-refractivity contribution in [2.24, 2.45) is 7.05 Å². The summed E-state index contributed by atoms with van der Waals surface area (Å²) in [6.45, 7) is 1.76. The smallest absolute Gasteiger partial charge is 0.405 e. The van der Waals surface area contributed by atoms with E-state index in [1.165, 1.54) is 17.7 Å². The zero-order valence-electron chi connectivity index (χ0n) is 14.8. The Morgan fingerprint density at radius 2 is 2.00 bits per heavy atom. The minimum absolute atomic E-state index is 0.0740. The van der Waals surface area contributed by atoms with Gasteiger partial charge in [-0.1, -0.05) is 11.6 Å². The van der Waals surface area contributed by atoms with Gasteiger partial charge in [-0.2, -0.15) is 0 Å². The number of halogens is 3. The van der Waals surface area contributed by atoms with Gasteiger partial charge < -0.3 is 15.3 Å². The summed E-state index contributed by atoms with van der Waals surface area (Å²) in [7, 11) is 1.52. The Morgan fingerprint density at radius 3 is 2.59 bits per heavy atom. The van der Waals surface area contributed by atoms with Gasteiger partial charge in [0.15, 0.2) is 0 Å². The number of nitrogens with zero attached hydrogens (tertiary/aromatic N) is 3. The van der Waals surface area contributed by atoms with Crippen LogP contribution in [0, 0.1) is 0 Å². The van der Waals surface area contributed by atoms with Crippen LogP contribution in [0.15, 0.2) is 16.9 Å². The Labute approximate surface area is 158 Å². The number of carbonyl (C=O) groups is 1. The minimum Gasteiger partial charge on any atom is -0.465 e. The van der Waals surface area contributed by atoms with Crippen LogP contribution in [0.4, 0.5) is 19.5 Å². The molecule has 1 atom stereocenters. The molecule has 1 aromatic carbocycles. The highest BCUT2D eigenvalue weighted by molar-refractivity contribution is 6.31. The number of alkyl halides is 2. The van der Waals surface area contributed by atoms with Crippen LogP contribution in [0.1, 0.15) is 31.4 Å². The van der Waals surface area contributed by atoms with Crippen molar-refractivity contribution in [3.63, 3.8) is 0 Å². The Bertz CT molecular complexity index is 953. The van der Waals surface area contributed by atoms with Crippen molar-refractivity contribution in [1.82, 2.24) is 14.9 Å². The van der Waals surface area contributed by atoms with Crippen LogP contribution in [-0.2, 0) is 7.05 Å². The molecule has 0 unspecified atom stereocenters. The van der Waals surface area contributed by atoms with E-state index in [1.54, 1.807) is 17.9 Å². The molecular formula is C17H19ClF2N4O3. The number of amides is 1. The fraction of sp³-hybridized carbons (Fsp3) is 0.471. The number of carboxylic acid groups (broad SMARTS) is 1. The van der Waals surface area contributed by atoms with Gasteiger partial charge in [0.2, 0.25) is 5.95 Å². The number of rotatable bonds is 3. The molecule has 2 N–H and O–H groups in total. The molecule has 0 radical (unpaired) electrons. The first-order valence-corrected chi connectivity index (χ1v) is 8.79. The third kappa shape index (κ3) is 3.83. The second kappa shape index (κ2) is 6.95. The van der Waals surface area contributed by atoms with E-state index in [1.807, 2.05) is 0 Å². The molecule has 1 saturated heterocycles. The number of fused-ring (bicyclic) bond motifs is 1. The molecule has 0 aliphatic carbocycles. The summed E-state index contributed by atoms with van der Waals surface area (Å²) in [5, 5.41) is 11.8. The van der Waals surface area contributed by atoms with Gasteiger partial charge in [-0.25, -0.2) is 18.6 Å². The molecule has 10 heteroatoms. The van der Waals surface area contributed by atoms with Crippen molar-refractivity contribution in [2.45, 2.75) is 31.7 Å². The largest absolute Gasteiger partial charge is 0.465 e. The lowest BCUT2D eigenvalue weighted by molar-refractivity contribution is -0.0223. The SMILES string of the molecule is C[C@@H](NC(=O)O)c1cc(Cl)cc2c(=O)n(C)c(N3CCC(F)(F)CC3)nc12. The molecule has 0 bridgehead atoms. The van der Waals surface area contributed by atoms with Crippen molar-refractivity contribution >= 4 is 34.5 Å². The normalized spacial score (nSPS) is 17.7. The van der Waals surface area contributed by atoms with Gasteiger partial charge in [0.05, 0.1) is 16.9 Å². The molecule has 3 rings (SSSR count). The number of hydrogen-bond donors (Lipinski definition) is 2. The molecule has 1 amide bonds. The molecule has 1 aliphatic rings. The third-order valence-electron chi connectivity index (χ3n) is 4.74. The topological polar surface area (TPSA) is 87.5 Å². The highest BCUT2D eigenvalue weighted by Crippen LogP contribution is 2.31. The summed E-state index contributed by atoms with van der Waals surface area (Å²) in [5.74, 6) is -2.45. The lowest BCUT2D eigenvalue weighted by atomic mass is 10.0. The number of hydrogen-bond acceptors (Lipinski definition) is 4. The van der Waals surface area contributed by atoms with Crippen LogP contribution in [0.3, 0.4) is 0 Å². The van der Waals surface area contributed by atoms with Gasteiger partial charge in [0, 0.05) is 43.6 Å². The predicted octanol–water partition coefficient (Wildman–Crippen LogP) is 3.15. The van der Waals surface area contributed by atoms with Gasteiger partial charge in [-0.3, -0.25) is 9.36 Å². The summed E-state index contributed by atoms with van der Waals surface area (Å²) < 4.78 is 28.2. The maximum absolute atomic E-state index is 13.5. The van der Waals surface area contributed by atoms with Crippen LogP contribution in [0.2, 0.25) is 5.02 Å². The van der Waals surface area contributed by atoms with Gasteiger partial charge in [0.25, 0.3) is 11.5 Å². The number of aromatic nitrogens is 2. The van der Waals surface area contributed by atoms with E-state index in [0.717, 1.165) is 0 Å². The lowest BCUT2D eigenvalue weighted by Crippen LogP contribution is -2.42. The first kappa shape index (κ1) is 19.3.